The lowest BCUT2D eigenvalue weighted by Gasteiger charge is -2.20. The van der Waals surface area contributed by atoms with Crippen LogP contribution in [-0.4, -0.2) is 0 Å². The first-order chi connectivity index (χ1) is 8.74. The summed E-state index contributed by atoms with van der Waals surface area (Å²) in [4.78, 5) is 4.36. The molecule has 2 aromatic heterocycles. The first-order valence-corrected chi connectivity index (χ1v) is 8.32. The normalized spacial score (nSPS) is 14.6. The zero-order valence-electron chi connectivity index (χ0n) is 11.3. The lowest BCUT2D eigenvalue weighted by Crippen LogP contribution is -2.22. The fourth-order valence-corrected chi connectivity index (χ4v) is 3.93. The van der Waals surface area contributed by atoms with Gasteiger partial charge in [-0.25, -0.2) is 0 Å². The molecule has 1 nitrogen and oxygen atoms in total. The van der Waals surface area contributed by atoms with Crippen molar-refractivity contribution in [2.24, 2.45) is 0 Å². The molecule has 0 spiro atoms. The van der Waals surface area contributed by atoms with Gasteiger partial charge in [-0.15, -0.1) is 22.7 Å². The van der Waals surface area contributed by atoms with E-state index in [-0.39, 0.29) is 0 Å². The van der Waals surface area contributed by atoms with Gasteiger partial charge in [-0.3, -0.25) is 0 Å². The molecule has 0 amide bonds. The predicted octanol–water partition coefficient (Wildman–Crippen LogP) is 5.17. The second kappa shape index (κ2) is 6.50. The molecule has 2 aromatic rings. The monoisotopic (exact) mass is 279 g/mol. The molecule has 0 aliphatic rings. The van der Waals surface area contributed by atoms with Crippen LogP contribution >= 0.6 is 22.7 Å². The van der Waals surface area contributed by atoms with Gasteiger partial charge in [0.2, 0.25) is 0 Å². The molecule has 2 atom stereocenters. The van der Waals surface area contributed by atoms with E-state index < -0.39 is 0 Å². The van der Waals surface area contributed by atoms with Gasteiger partial charge in [0.15, 0.2) is 0 Å². The summed E-state index contributed by atoms with van der Waals surface area (Å²) in [5.74, 6) is 0. The number of hydrogen-bond acceptors (Lipinski definition) is 3. The van der Waals surface area contributed by atoms with Crippen molar-refractivity contribution in [1.82, 2.24) is 5.32 Å². The lowest BCUT2D eigenvalue weighted by molar-refractivity contribution is 0.466. The molecule has 2 heterocycles. The SMILES string of the molecule is CCc1ccc(C(C)NC(CC)c2cccs2)s1. The van der Waals surface area contributed by atoms with Crippen molar-refractivity contribution in [3.63, 3.8) is 0 Å². The summed E-state index contributed by atoms with van der Waals surface area (Å²) in [5.41, 5.74) is 0. The van der Waals surface area contributed by atoms with E-state index in [2.05, 4.69) is 55.7 Å². The summed E-state index contributed by atoms with van der Waals surface area (Å²) in [6.45, 7) is 6.73. The zero-order valence-corrected chi connectivity index (χ0v) is 12.9. The van der Waals surface area contributed by atoms with E-state index >= 15 is 0 Å². The molecule has 0 bridgehead atoms. The van der Waals surface area contributed by atoms with Crippen molar-refractivity contribution in [2.75, 3.05) is 0 Å². The molecule has 0 aliphatic heterocycles. The van der Waals surface area contributed by atoms with E-state index in [9.17, 15) is 0 Å². The fraction of sp³-hybridized carbons (Fsp3) is 0.467. The molecule has 1 N–H and O–H groups in total. The highest BCUT2D eigenvalue weighted by Gasteiger charge is 2.15. The average molecular weight is 279 g/mol. The molecular weight excluding hydrogens is 258 g/mol. The number of rotatable bonds is 6. The van der Waals surface area contributed by atoms with Gasteiger partial charge in [0.05, 0.1) is 0 Å². The third-order valence-corrected chi connectivity index (χ3v) is 5.60. The van der Waals surface area contributed by atoms with Gasteiger partial charge in [0.1, 0.15) is 0 Å². The Morgan fingerprint density at radius 1 is 1.17 bits per heavy atom. The highest BCUT2D eigenvalue weighted by Crippen LogP contribution is 2.28. The van der Waals surface area contributed by atoms with Crippen LogP contribution in [0.2, 0.25) is 0 Å². The third-order valence-electron chi connectivity index (χ3n) is 3.20. The molecule has 0 fully saturated rings. The molecule has 0 aromatic carbocycles. The van der Waals surface area contributed by atoms with Crippen LogP contribution in [0.1, 0.15) is 53.9 Å². The first-order valence-electron chi connectivity index (χ1n) is 6.62. The molecule has 18 heavy (non-hydrogen) atoms. The fourth-order valence-electron chi connectivity index (χ4n) is 2.09. The van der Waals surface area contributed by atoms with E-state index in [1.807, 2.05) is 22.7 Å². The molecule has 0 radical (unpaired) electrons. The van der Waals surface area contributed by atoms with Crippen molar-refractivity contribution >= 4 is 22.7 Å². The Hall–Kier alpha value is -0.640. The average Bonchev–Trinajstić information content (AvgIpc) is 3.05. The molecule has 98 valence electrons. The van der Waals surface area contributed by atoms with Crippen LogP contribution in [0.4, 0.5) is 0 Å². The highest BCUT2D eigenvalue weighted by atomic mass is 32.1. The Kier molecular flexibility index (Phi) is 4.98. The van der Waals surface area contributed by atoms with Crippen molar-refractivity contribution in [2.45, 2.75) is 45.7 Å². The van der Waals surface area contributed by atoms with Gasteiger partial charge in [-0.1, -0.05) is 19.9 Å². The summed E-state index contributed by atoms with van der Waals surface area (Å²) in [6, 6.07) is 9.79. The van der Waals surface area contributed by atoms with Crippen molar-refractivity contribution in [3.05, 3.63) is 44.3 Å². The Balaban J connectivity index is 2.03. The van der Waals surface area contributed by atoms with Gasteiger partial charge in [-0.2, -0.15) is 0 Å². The number of thiophene rings is 2. The van der Waals surface area contributed by atoms with Crippen LogP contribution in [0.5, 0.6) is 0 Å². The number of aryl methyl sites for hydroxylation is 1. The number of hydrogen-bond donors (Lipinski definition) is 1. The quantitative estimate of drug-likeness (QED) is 0.769. The second-order valence-corrected chi connectivity index (χ2v) is 6.70. The maximum absolute atomic E-state index is 3.74. The van der Waals surface area contributed by atoms with Gasteiger partial charge in [-0.05, 0) is 43.3 Å². The molecule has 0 saturated heterocycles. The Morgan fingerprint density at radius 2 is 2.00 bits per heavy atom. The molecular formula is C15H21NS2. The van der Waals surface area contributed by atoms with Crippen LogP contribution in [0.15, 0.2) is 29.6 Å². The van der Waals surface area contributed by atoms with Gasteiger partial charge in [0, 0.05) is 26.7 Å². The number of nitrogens with one attached hydrogen (secondary N) is 1. The minimum atomic E-state index is 0.433. The van der Waals surface area contributed by atoms with Crippen LogP contribution in [0.25, 0.3) is 0 Å². The molecule has 2 rings (SSSR count). The smallest absolute Gasteiger partial charge is 0.0417 e. The maximum Gasteiger partial charge on any atom is 0.0417 e. The van der Waals surface area contributed by atoms with Crippen molar-refractivity contribution in [3.8, 4) is 0 Å². The Labute approximate surface area is 118 Å². The highest BCUT2D eigenvalue weighted by molar-refractivity contribution is 7.12. The summed E-state index contributed by atoms with van der Waals surface area (Å²) in [7, 11) is 0. The van der Waals surface area contributed by atoms with E-state index in [0.29, 0.717) is 12.1 Å². The van der Waals surface area contributed by atoms with Crippen LogP contribution < -0.4 is 5.32 Å². The predicted molar refractivity (Wildman–Crippen MR) is 82.6 cm³/mol. The summed E-state index contributed by atoms with van der Waals surface area (Å²) in [5, 5.41) is 5.90. The molecule has 3 heteroatoms. The Morgan fingerprint density at radius 3 is 2.56 bits per heavy atom. The lowest BCUT2D eigenvalue weighted by atomic mass is 10.1. The van der Waals surface area contributed by atoms with Crippen LogP contribution in [0, 0.1) is 0 Å². The molecule has 0 aliphatic carbocycles. The molecule has 0 saturated carbocycles. The standard InChI is InChI=1S/C15H21NS2/c1-4-12-8-9-14(18-12)11(3)16-13(5-2)15-7-6-10-17-15/h6-11,13,16H,4-5H2,1-3H3. The van der Waals surface area contributed by atoms with E-state index in [1.54, 1.807) is 0 Å². The van der Waals surface area contributed by atoms with Crippen LogP contribution in [-0.2, 0) is 6.42 Å². The van der Waals surface area contributed by atoms with Crippen molar-refractivity contribution < 1.29 is 0 Å². The maximum atomic E-state index is 3.74. The zero-order chi connectivity index (χ0) is 13.0. The van der Waals surface area contributed by atoms with Crippen LogP contribution in [0.3, 0.4) is 0 Å². The molecule has 2 unspecified atom stereocenters. The van der Waals surface area contributed by atoms with E-state index in [1.165, 1.54) is 14.6 Å². The van der Waals surface area contributed by atoms with E-state index in [0.717, 1.165) is 12.8 Å². The van der Waals surface area contributed by atoms with E-state index in [4.69, 9.17) is 0 Å². The van der Waals surface area contributed by atoms with Gasteiger partial charge < -0.3 is 5.32 Å². The summed E-state index contributed by atoms with van der Waals surface area (Å²) >= 11 is 3.77. The first kappa shape index (κ1) is 13.8. The minimum Gasteiger partial charge on any atom is -0.302 e. The summed E-state index contributed by atoms with van der Waals surface area (Å²) < 4.78 is 0. The minimum absolute atomic E-state index is 0.433. The third kappa shape index (κ3) is 3.22. The largest absolute Gasteiger partial charge is 0.302 e. The van der Waals surface area contributed by atoms with Crippen molar-refractivity contribution in [1.29, 1.82) is 0 Å². The summed E-state index contributed by atoms with van der Waals surface area (Å²) in [6.07, 6.45) is 2.27. The Bertz CT molecular complexity index is 459. The van der Waals surface area contributed by atoms with Gasteiger partial charge in [0.25, 0.3) is 0 Å². The topological polar surface area (TPSA) is 12.0 Å². The van der Waals surface area contributed by atoms with Gasteiger partial charge >= 0.3 is 0 Å². The second-order valence-electron chi connectivity index (χ2n) is 4.52.